The van der Waals surface area contributed by atoms with Crippen molar-refractivity contribution in [2.45, 2.75) is 57.5 Å². The first-order chi connectivity index (χ1) is 19.0. The Hall–Kier alpha value is -2.88. The van der Waals surface area contributed by atoms with E-state index >= 15 is 0 Å². The van der Waals surface area contributed by atoms with Crippen molar-refractivity contribution in [2.75, 3.05) is 11.5 Å². The van der Waals surface area contributed by atoms with Crippen molar-refractivity contribution < 1.29 is 19.1 Å². The Morgan fingerprint density at radius 1 is 1.12 bits per heavy atom. The summed E-state index contributed by atoms with van der Waals surface area (Å²) in [5.41, 5.74) is -0.702. The topological polar surface area (TPSA) is 93.5 Å². The molecule has 2 amide bonds. The summed E-state index contributed by atoms with van der Waals surface area (Å²) in [7, 11) is 0. The third-order valence-electron chi connectivity index (χ3n) is 7.35. The summed E-state index contributed by atoms with van der Waals surface area (Å²) in [5.74, 6) is -0.747. The number of aromatic nitrogens is 2. The van der Waals surface area contributed by atoms with Gasteiger partial charge in [-0.25, -0.2) is 14.7 Å². The fourth-order valence-electron chi connectivity index (χ4n) is 5.07. The highest BCUT2D eigenvalue weighted by atomic mass is 79.9. The number of esters is 1. The second-order valence-corrected chi connectivity index (χ2v) is 12.6. The van der Waals surface area contributed by atoms with Gasteiger partial charge in [0.05, 0.1) is 18.5 Å². The lowest BCUT2D eigenvalue weighted by molar-refractivity contribution is -0.148. The maximum Gasteiger partial charge on any atom is 0.331 e. The molecule has 0 spiro atoms. The number of fused-ring (bicyclic) bond motifs is 1. The van der Waals surface area contributed by atoms with E-state index in [0.29, 0.717) is 41.4 Å². The summed E-state index contributed by atoms with van der Waals surface area (Å²) < 4.78 is 8.05. The van der Waals surface area contributed by atoms with Gasteiger partial charge in [0.2, 0.25) is 5.95 Å². The zero-order chi connectivity index (χ0) is 28.8. The minimum absolute atomic E-state index is 0.175. The summed E-state index contributed by atoms with van der Waals surface area (Å²) in [4.78, 5) is 46.9. The number of hydrogen-bond donors (Lipinski definition) is 1. The van der Waals surface area contributed by atoms with Gasteiger partial charge < -0.3 is 10.1 Å². The Kier molecular flexibility index (Phi) is 7.76. The quantitative estimate of drug-likeness (QED) is 0.270. The molecule has 2 aromatic carbocycles. The van der Waals surface area contributed by atoms with Crippen LogP contribution in [0.2, 0.25) is 10.0 Å². The summed E-state index contributed by atoms with van der Waals surface area (Å²) in [6, 6.07) is 12.6. The second kappa shape index (κ2) is 10.8. The van der Waals surface area contributed by atoms with E-state index in [2.05, 4.69) is 26.2 Å². The molecule has 1 saturated carbocycles. The van der Waals surface area contributed by atoms with E-state index in [-0.39, 0.29) is 30.1 Å². The van der Waals surface area contributed by atoms with Crippen molar-refractivity contribution in [3.8, 4) is 0 Å². The lowest BCUT2D eigenvalue weighted by Crippen LogP contribution is -2.48. The van der Waals surface area contributed by atoms with Crippen molar-refractivity contribution in [3.05, 3.63) is 74.4 Å². The normalized spacial score (nSPS) is 19.1. The maximum atomic E-state index is 14.4. The van der Waals surface area contributed by atoms with Crippen LogP contribution in [-0.4, -0.2) is 39.5 Å². The van der Waals surface area contributed by atoms with Crippen LogP contribution in [-0.2, 0) is 26.3 Å². The first-order valence-corrected chi connectivity index (χ1v) is 14.7. The second-order valence-electron chi connectivity index (χ2n) is 10.8. The van der Waals surface area contributed by atoms with Crippen molar-refractivity contribution in [3.63, 3.8) is 0 Å². The molecule has 1 atom stereocenters. The fraction of sp³-hybridized carbons (Fsp3) is 0.379. The molecular weight excluding hydrogens is 619 g/mol. The van der Waals surface area contributed by atoms with Gasteiger partial charge in [-0.3, -0.25) is 14.2 Å². The SMILES string of the molecule is CC[C@@]1(Cc2ccc(Br)cc2)C(=O)N(c2cc(Cl)cc(Cl)c2)c2ncc(C(=O)NC3(C(=O)OCC(C)C)CC3)n21. The van der Waals surface area contributed by atoms with Gasteiger partial charge in [0, 0.05) is 20.9 Å². The molecule has 8 nitrogen and oxygen atoms in total. The highest BCUT2D eigenvalue weighted by Gasteiger charge is 2.56. The summed E-state index contributed by atoms with van der Waals surface area (Å²) in [6.07, 6.45) is 3.10. The number of imidazole rings is 1. The van der Waals surface area contributed by atoms with Crippen molar-refractivity contribution >= 4 is 68.6 Å². The molecule has 11 heteroatoms. The number of nitrogens with zero attached hydrogens (tertiary/aromatic N) is 3. The van der Waals surface area contributed by atoms with Crippen LogP contribution >= 0.6 is 39.1 Å². The third-order valence-corrected chi connectivity index (χ3v) is 8.31. The molecule has 2 aliphatic rings. The van der Waals surface area contributed by atoms with Gasteiger partial charge in [0.25, 0.3) is 11.8 Å². The van der Waals surface area contributed by atoms with Gasteiger partial charge in [0.1, 0.15) is 16.8 Å². The number of nitrogens with one attached hydrogen (secondary N) is 1. The molecule has 3 aromatic rings. The molecule has 5 rings (SSSR count). The zero-order valence-corrected chi connectivity index (χ0v) is 25.4. The molecule has 1 fully saturated rings. The molecule has 1 N–H and O–H groups in total. The summed E-state index contributed by atoms with van der Waals surface area (Å²) in [6.45, 7) is 6.08. The van der Waals surface area contributed by atoms with E-state index in [0.717, 1.165) is 10.0 Å². The van der Waals surface area contributed by atoms with Crippen LogP contribution < -0.4 is 10.2 Å². The number of carbonyl (C=O) groups excluding carboxylic acids is 3. The number of halogens is 3. The van der Waals surface area contributed by atoms with Gasteiger partial charge in [-0.2, -0.15) is 0 Å². The minimum Gasteiger partial charge on any atom is -0.464 e. The van der Waals surface area contributed by atoms with E-state index in [1.807, 2.05) is 45.0 Å². The van der Waals surface area contributed by atoms with Crippen LogP contribution in [0.3, 0.4) is 0 Å². The first-order valence-electron chi connectivity index (χ1n) is 13.1. The lowest BCUT2D eigenvalue weighted by Gasteiger charge is -2.30. The lowest BCUT2D eigenvalue weighted by atomic mass is 9.87. The van der Waals surface area contributed by atoms with Crippen molar-refractivity contribution in [1.29, 1.82) is 0 Å². The average molecular weight is 648 g/mol. The van der Waals surface area contributed by atoms with Gasteiger partial charge in [-0.1, -0.05) is 72.0 Å². The van der Waals surface area contributed by atoms with Gasteiger partial charge in [0.15, 0.2) is 0 Å². The van der Waals surface area contributed by atoms with E-state index in [1.54, 1.807) is 22.8 Å². The monoisotopic (exact) mass is 646 g/mol. The van der Waals surface area contributed by atoms with Crippen LogP contribution in [0.5, 0.6) is 0 Å². The van der Waals surface area contributed by atoms with E-state index in [1.165, 1.54) is 11.1 Å². The molecule has 1 aliphatic heterocycles. The Labute approximate surface area is 251 Å². The number of carbonyl (C=O) groups is 3. The summed E-state index contributed by atoms with van der Waals surface area (Å²) >= 11 is 16.1. The predicted molar refractivity (Wildman–Crippen MR) is 157 cm³/mol. The van der Waals surface area contributed by atoms with Crippen molar-refractivity contribution in [2.24, 2.45) is 5.92 Å². The molecule has 1 aromatic heterocycles. The Balaban J connectivity index is 1.57. The maximum absolute atomic E-state index is 14.4. The molecule has 0 radical (unpaired) electrons. The molecular formula is C29H29BrCl2N4O4. The molecule has 0 unspecified atom stereocenters. The minimum atomic E-state index is -1.17. The number of rotatable bonds is 9. The Morgan fingerprint density at radius 3 is 2.35 bits per heavy atom. The van der Waals surface area contributed by atoms with E-state index in [4.69, 9.17) is 27.9 Å². The largest absolute Gasteiger partial charge is 0.464 e. The van der Waals surface area contributed by atoms with Crippen LogP contribution in [0, 0.1) is 5.92 Å². The number of hydrogen-bond acceptors (Lipinski definition) is 5. The molecule has 40 heavy (non-hydrogen) atoms. The molecule has 1 aliphatic carbocycles. The highest BCUT2D eigenvalue weighted by molar-refractivity contribution is 9.10. The number of benzene rings is 2. The standard InChI is InChI=1S/C29H29BrCl2N4O4/c1-4-29(14-18-5-7-19(30)8-6-18)25(38)35(22-12-20(31)11-21(32)13-22)27-33-15-23(36(27)29)24(37)34-28(9-10-28)26(39)40-16-17(2)3/h5-8,11-13,15,17H,4,9-10,14,16H2,1-3H3,(H,34,37)/t29-/m1/s1. The molecule has 0 bridgehead atoms. The average Bonchev–Trinajstić information content (AvgIpc) is 3.48. The van der Waals surface area contributed by atoms with Gasteiger partial charge in [-0.05, 0) is 61.1 Å². The third kappa shape index (κ3) is 5.15. The van der Waals surface area contributed by atoms with Crippen LogP contribution in [0.1, 0.15) is 56.1 Å². The van der Waals surface area contributed by atoms with E-state index < -0.39 is 23.0 Å². The van der Waals surface area contributed by atoms with E-state index in [9.17, 15) is 14.4 Å². The van der Waals surface area contributed by atoms with Crippen LogP contribution in [0.25, 0.3) is 0 Å². The molecule has 2 heterocycles. The molecule has 0 saturated heterocycles. The number of ether oxygens (including phenoxy) is 1. The van der Waals surface area contributed by atoms with Crippen LogP contribution in [0.4, 0.5) is 11.6 Å². The van der Waals surface area contributed by atoms with Gasteiger partial charge >= 0.3 is 5.97 Å². The van der Waals surface area contributed by atoms with Crippen molar-refractivity contribution in [1.82, 2.24) is 14.9 Å². The number of anilines is 2. The zero-order valence-electron chi connectivity index (χ0n) is 22.3. The molecule has 210 valence electrons. The smallest absolute Gasteiger partial charge is 0.331 e. The Morgan fingerprint density at radius 2 is 1.77 bits per heavy atom. The number of amides is 2. The van der Waals surface area contributed by atoms with Crippen LogP contribution in [0.15, 0.2) is 53.1 Å². The summed E-state index contributed by atoms with van der Waals surface area (Å²) in [5, 5.41) is 3.62. The highest BCUT2D eigenvalue weighted by Crippen LogP contribution is 2.46. The first kappa shape index (κ1) is 28.6. The Bertz CT molecular complexity index is 1470. The fourth-order valence-corrected chi connectivity index (χ4v) is 5.85. The predicted octanol–water partition coefficient (Wildman–Crippen LogP) is 6.44. The van der Waals surface area contributed by atoms with Gasteiger partial charge in [-0.15, -0.1) is 0 Å².